The molecule has 0 fully saturated rings. The summed E-state index contributed by atoms with van der Waals surface area (Å²) in [7, 11) is -0.951. The molecule has 34 heavy (non-hydrogen) atoms. The summed E-state index contributed by atoms with van der Waals surface area (Å²) in [6, 6.07) is 20.1. The van der Waals surface area contributed by atoms with Crippen LogP contribution in [-0.2, 0) is 14.8 Å². The lowest BCUT2D eigenvalue weighted by Gasteiger charge is -2.24. The number of benzene rings is 3. The van der Waals surface area contributed by atoms with Crippen molar-refractivity contribution in [2.24, 2.45) is 5.10 Å². The molecule has 0 aromatic heterocycles. The molecule has 0 bridgehead atoms. The van der Waals surface area contributed by atoms with E-state index in [1.54, 1.807) is 62.6 Å². The monoisotopic (exact) mass is 481 g/mol. The van der Waals surface area contributed by atoms with Crippen LogP contribution in [0.25, 0.3) is 0 Å². The van der Waals surface area contributed by atoms with E-state index in [0.29, 0.717) is 22.9 Å². The zero-order valence-corrected chi connectivity index (χ0v) is 20.3. The Balaban J connectivity index is 1.84. The maximum absolute atomic E-state index is 13.4. The summed E-state index contributed by atoms with van der Waals surface area (Å²) in [4.78, 5) is 12.8. The van der Waals surface area contributed by atoms with Gasteiger partial charge in [0.2, 0.25) is 0 Å². The number of aryl methyl sites for hydroxylation is 1. The molecule has 0 spiro atoms. The summed E-state index contributed by atoms with van der Waals surface area (Å²) in [5.74, 6) is 0.658. The molecule has 0 unspecified atom stereocenters. The van der Waals surface area contributed by atoms with E-state index in [1.165, 1.54) is 19.2 Å². The minimum atomic E-state index is -4.03. The zero-order valence-electron chi connectivity index (χ0n) is 19.5. The summed E-state index contributed by atoms with van der Waals surface area (Å²) >= 11 is 0. The number of carbonyl (C=O) groups excluding carboxylic acids is 1. The van der Waals surface area contributed by atoms with Gasteiger partial charge < -0.3 is 9.47 Å². The van der Waals surface area contributed by atoms with Gasteiger partial charge in [0.15, 0.2) is 0 Å². The molecule has 3 aromatic rings. The van der Waals surface area contributed by atoms with Crippen molar-refractivity contribution in [2.45, 2.75) is 18.7 Å². The van der Waals surface area contributed by atoms with Crippen LogP contribution in [0.1, 0.15) is 18.1 Å². The number of anilines is 1. The second-order valence-corrected chi connectivity index (χ2v) is 9.35. The maximum Gasteiger partial charge on any atom is 0.264 e. The lowest BCUT2D eigenvalue weighted by atomic mass is 10.1. The zero-order chi connectivity index (χ0) is 24.7. The van der Waals surface area contributed by atoms with Crippen LogP contribution in [0.15, 0.2) is 82.8 Å². The summed E-state index contributed by atoms with van der Waals surface area (Å²) < 4.78 is 38.2. The maximum atomic E-state index is 13.4. The molecule has 1 amide bonds. The van der Waals surface area contributed by atoms with E-state index in [0.717, 1.165) is 15.4 Å². The number of nitrogens with one attached hydrogen (secondary N) is 1. The molecule has 0 aliphatic rings. The van der Waals surface area contributed by atoms with Crippen molar-refractivity contribution < 1.29 is 22.7 Å². The van der Waals surface area contributed by atoms with Gasteiger partial charge >= 0.3 is 0 Å². The van der Waals surface area contributed by atoms with Crippen molar-refractivity contribution in [2.75, 3.05) is 25.1 Å². The highest BCUT2D eigenvalue weighted by molar-refractivity contribution is 7.92. The van der Waals surface area contributed by atoms with Gasteiger partial charge in [-0.3, -0.25) is 9.10 Å². The smallest absolute Gasteiger partial charge is 0.264 e. The summed E-state index contributed by atoms with van der Waals surface area (Å²) in [5.41, 5.74) is 5.15. The predicted octanol–water partition coefficient (Wildman–Crippen LogP) is 3.75. The molecule has 8 nitrogen and oxygen atoms in total. The van der Waals surface area contributed by atoms with Gasteiger partial charge in [0, 0.05) is 0 Å². The van der Waals surface area contributed by atoms with Crippen LogP contribution in [0.5, 0.6) is 11.5 Å². The number of hydrazone groups is 1. The number of methoxy groups -OCH3 is 2. The van der Waals surface area contributed by atoms with Crippen LogP contribution in [0.3, 0.4) is 0 Å². The van der Waals surface area contributed by atoms with Gasteiger partial charge in [-0.15, -0.1) is 0 Å². The van der Waals surface area contributed by atoms with E-state index in [1.807, 2.05) is 19.1 Å². The fourth-order valence-electron chi connectivity index (χ4n) is 3.11. The molecule has 0 aliphatic carbocycles. The third-order valence-electron chi connectivity index (χ3n) is 5.11. The summed E-state index contributed by atoms with van der Waals surface area (Å²) in [6.45, 7) is 3.19. The number of rotatable bonds is 9. The van der Waals surface area contributed by atoms with Crippen LogP contribution in [0.4, 0.5) is 5.69 Å². The highest BCUT2D eigenvalue weighted by Crippen LogP contribution is 2.25. The third-order valence-corrected chi connectivity index (χ3v) is 6.90. The van der Waals surface area contributed by atoms with Crippen molar-refractivity contribution >= 4 is 27.3 Å². The van der Waals surface area contributed by atoms with E-state index < -0.39 is 22.5 Å². The number of hydrogen-bond donors (Lipinski definition) is 1. The Morgan fingerprint density at radius 3 is 1.94 bits per heavy atom. The molecular weight excluding hydrogens is 454 g/mol. The standard InChI is InChI=1S/C25H27N3O5S/c1-18-5-9-21(10-6-18)28(34(30,31)24-15-13-23(33-4)14-16-24)17-25(29)27-26-19(2)20-7-11-22(32-3)12-8-20/h5-16H,17H2,1-4H3,(H,27,29)/b26-19-. The lowest BCUT2D eigenvalue weighted by molar-refractivity contribution is -0.119. The first-order chi connectivity index (χ1) is 16.2. The minimum Gasteiger partial charge on any atom is -0.497 e. The van der Waals surface area contributed by atoms with Crippen LogP contribution < -0.4 is 19.2 Å². The number of ether oxygens (including phenoxy) is 2. The van der Waals surface area contributed by atoms with Crippen LogP contribution >= 0.6 is 0 Å². The average molecular weight is 482 g/mol. The quantitative estimate of drug-likeness (QED) is 0.371. The first-order valence-corrected chi connectivity index (χ1v) is 11.9. The molecule has 0 atom stereocenters. The minimum absolute atomic E-state index is 0.0413. The topological polar surface area (TPSA) is 97.3 Å². The number of hydrogen-bond acceptors (Lipinski definition) is 6. The van der Waals surface area contributed by atoms with Crippen LogP contribution in [0.2, 0.25) is 0 Å². The van der Waals surface area contributed by atoms with Crippen LogP contribution in [-0.4, -0.2) is 40.8 Å². The molecule has 0 saturated carbocycles. The van der Waals surface area contributed by atoms with Gasteiger partial charge in [-0.2, -0.15) is 5.10 Å². The molecule has 1 N–H and O–H groups in total. The van der Waals surface area contributed by atoms with Gasteiger partial charge in [0.05, 0.1) is 30.5 Å². The van der Waals surface area contributed by atoms with E-state index in [-0.39, 0.29) is 4.90 Å². The van der Waals surface area contributed by atoms with E-state index >= 15 is 0 Å². The molecule has 9 heteroatoms. The predicted molar refractivity (Wildman–Crippen MR) is 132 cm³/mol. The van der Waals surface area contributed by atoms with Gasteiger partial charge in [-0.1, -0.05) is 17.7 Å². The van der Waals surface area contributed by atoms with Crippen molar-refractivity contribution in [3.8, 4) is 11.5 Å². The molecule has 3 rings (SSSR count). The van der Waals surface area contributed by atoms with Crippen molar-refractivity contribution in [3.63, 3.8) is 0 Å². The Labute approximate surface area is 199 Å². The first kappa shape index (κ1) is 24.8. The molecule has 0 radical (unpaired) electrons. The molecule has 178 valence electrons. The van der Waals surface area contributed by atoms with Gasteiger partial charge in [-0.05, 0) is 80.1 Å². The Bertz CT molecular complexity index is 1250. The van der Waals surface area contributed by atoms with E-state index in [4.69, 9.17) is 9.47 Å². The van der Waals surface area contributed by atoms with Crippen molar-refractivity contribution in [1.29, 1.82) is 0 Å². The highest BCUT2D eigenvalue weighted by atomic mass is 32.2. The largest absolute Gasteiger partial charge is 0.497 e. The molecule has 0 aliphatic heterocycles. The number of sulfonamides is 1. The first-order valence-electron chi connectivity index (χ1n) is 10.5. The van der Waals surface area contributed by atoms with Gasteiger partial charge in [-0.25, -0.2) is 13.8 Å². The van der Waals surface area contributed by atoms with E-state index in [9.17, 15) is 13.2 Å². The number of carbonyl (C=O) groups is 1. The second kappa shape index (κ2) is 10.8. The fraction of sp³-hybridized carbons (Fsp3) is 0.200. The number of nitrogens with zero attached hydrogens (tertiary/aromatic N) is 2. The SMILES string of the molecule is COc1ccc(/C(C)=N\NC(=O)CN(c2ccc(C)cc2)S(=O)(=O)c2ccc(OC)cc2)cc1. The normalized spacial score (nSPS) is 11.6. The molecular formula is C25H27N3O5S. The highest BCUT2D eigenvalue weighted by Gasteiger charge is 2.27. The van der Waals surface area contributed by atoms with E-state index in [2.05, 4.69) is 10.5 Å². The third kappa shape index (κ3) is 5.93. The summed E-state index contributed by atoms with van der Waals surface area (Å²) in [6.07, 6.45) is 0. The average Bonchev–Trinajstić information content (AvgIpc) is 2.86. The molecule has 0 saturated heterocycles. The second-order valence-electron chi connectivity index (χ2n) is 7.48. The van der Waals surface area contributed by atoms with Crippen molar-refractivity contribution in [1.82, 2.24) is 5.43 Å². The number of amides is 1. The van der Waals surface area contributed by atoms with Gasteiger partial charge in [0.1, 0.15) is 18.0 Å². The Morgan fingerprint density at radius 1 is 0.882 bits per heavy atom. The van der Waals surface area contributed by atoms with Gasteiger partial charge in [0.25, 0.3) is 15.9 Å². The Morgan fingerprint density at radius 2 is 1.41 bits per heavy atom. The van der Waals surface area contributed by atoms with Crippen LogP contribution in [0, 0.1) is 6.92 Å². The molecule has 3 aromatic carbocycles. The molecule has 0 heterocycles. The van der Waals surface area contributed by atoms with Crippen molar-refractivity contribution in [3.05, 3.63) is 83.9 Å². The summed E-state index contributed by atoms with van der Waals surface area (Å²) in [5, 5.41) is 4.13. The lowest BCUT2D eigenvalue weighted by Crippen LogP contribution is -2.39. The fourth-order valence-corrected chi connectivity index (χ4v) is 4.53. The Hall–Kier alpha value is -3.85. The Kier molecular flexibility index (Phi) is 7.91.